The molecule has 1 aliphatic heterocycles. The highest BCUT2D eigenvalue weighted by Gasteiger charge is 2.33. The molecule has 1 atom stereocenters. The van der Waals surface area contributed by atoms with Crippen LogP contribution < -0.4 is 11.1 Å². The Morgan fingerprint density at radius 1 is 1.16 bits per heavy atom. The summed E-state index contributed by atoms with van der Waals surface area (Å²) in [7, 11) is 0. The number of anilines is 1. The van der Waals surface area contributed by atoms with Crippen molar-refractivity contribution in [2.45, 2.75) is 12.3 Å². The zero-order valence-corrected chi connectivity index (χ0v) is 9.70. The van der Waals surface area contributed by atoms with Crippen molar-refractivity contribution in [1.82, 2.24) is 4.98 Å². The summed E-state index contributed by atoms with van der Waals surface area (Å²) in [5.41, 5.74) is 7.34. The third-order valence-electron chi connectivity index (χ3n) is 3.07. The minimum atomic E-state index is -4.41. The molecule has 1 aliphatic rings. The van der Waals surface area contributed by atoms with E-state index in [1.165, 1.54) is 0 Å². The second kappa shape index (κ2) is 3.96. The van der Waals surface area contributed by atoms with Gasteiger partial charge in [0.15, 0.2) is 0 Å². The van der Waals surface area contributed by atoms with E-state index in [9.17, 15) is 13.2 Å². The number of nitrogens with one attached hydrogen (secondary N) is 1. The molecular formula is C13H10F3N3. The molecule has 2 aromatic rings. The number of benzene rings is 1. The van der Waals surface area contributed by atoms with Crippen LogP contribution in [0.4, 0.5) is 18.9 Å². The molecule has 2 heterocycles. The van der Waals surface area contributed by atoms with Crippen LogP contribution in [0.3, 0.4) is 0 Å². The van der Waals surface area contributed by atoms with Crippen LogP contribution in [0.5, 0.6) is 0 Å². The van der Waals surface area contributed by atoms with Gasteiger partial charge in [-0.15, -0.1) is 0 Å². The fourth-order valence-corrected chi connectivity index (χ4v) is 2.17. The van der Waals surface area contributed by atoms with E-state index in [0.717, 1.165) is 12.3 Å². The summed E-state index contributed by atoms with van der Waals surface area (Å²) in [6.07, 6.45) is -4.20. The fraction of sp³-hybridized carbons (Fsp3) is 0.154. The summed E-state index contributed by atoms with van der Waals surface area (Å²) < 4.78 is 38.2. The molecule has 0 saturated carbocycles. The van der Waals surface area contributed by atoms with E-state index < -0.39 is 17.9 Å². The molecule has 0 radical (unpaired) electrons. The highest BCUT2D eigenvalue weighted by Crippen LogP contribution is 2.40. The molecular weight excluding hydrogens is 255 g/mol. The minimum Gasteiger partial charge on any atom is -0.364 e. The Labute approximate surface area is 107 Å². The topological polar surface area (TPSA) is 50.9 Å². The Kier molecular flexibility index (Phi) is 2.50. The first-order valence-corrected chi connectivity index (χ1v) is 5.65. The molecule has 3 N–H and O–H groups in total. The molecule has 0 fully saturated rings. The van der Waals surface area contributed by atoms with E-state index in [2.05, 4.69) is 10.3 Å². The molecule has 0 bridgehead atoms. The van der Waals surface area contributed by atoms with Gasteiger partial charge in [0.05, 0.1) is 11.3 Å². The molecule has 0 amide bonds. The summed E-state index contributed by atoms with van der Waals surface area (Å²) in [6, 6.07) is 8.18. The quantitative estimate of drug-likeness (QED) is 0.769. The van der Waals surface area contributed by atoms with Crippen molar-refractivity contribution in [1.29, 1.82) is 0 Å². The molecule has 1 unspecified atom stereocenters. The van der Waals surface area contributed by atoms with E-state index in [4.69, 9.17) is 5.73 Å². The summed E-state index contributed by atoms with van der Waals surface area (Å²) in [6.45, 7) is 0. The van der Waals surface area contributed by atoms with Gasteiger partial charge in [0.25, 0.3) is 0 Å². The number of alkyl halides is 3. The van der Waals surface area contributed by atoms with Crippen molar-refractivity contribution < 1.29 is 13.2 Å². The number of nitrogens with two attached hydrogens (primary N) is 1. The van der Waals surface area contributed by atoms with E-state index >= 15 is 0 Å². The first kappa shape index (κ1) is 12.0. The maximum absolute atomic E-state index is 12.7. The van der Waals surface area contributed by atoms with Gasteiger partial charge in [0.2, 0.25) is 0 Å². The molecule has 98 valence electrons. The largest absolute Gasteiger partial charge is 0.417 e. The third kappa shape index (κ3) is 1.94. The van der Waals surface area contributed by atoms with Crippen LogP contribution in [0, 0.1) is 0 Å². The van der Waals surface area contributed by atoms with Gasteiger partial charge >= 0.3 is 6.18 Å². The van der Waals surface area contributed by atoms with Gasteiger partial charge in [0.1, 0.15) is 6.17 Å². The smallest absolute Gasteiger partial charge is 0.364 e. The number of para-hydroxylation sites is 1. The van der Waals surface area contributed by atoms with Crippen LogP contribution in [0.1, 0.15) is 17.4 Å². The predicted octanol–water partition coefficient (Wildman–Crippen LogP) is 3.15. The van der Waals surface area contributed by atoms with Gasteiger partial charge < -0.3 is 11.1 Å². The molecule has 1 aromatic heterocycles. The molecule has 0 saturated heterocycles. The Hall–Kier alpha value is -2.08. The van der Waals surface area contributed by atoms with E-state index in [1.807, 2.05) is 0 Å². The standard InChI is InChI=1S/C13H10F3N3/c14-13(15,16)7-5-9-8-3-1-2-4-10(8)19-12(17)11(9)18-6-7/h1-6,12,19H,17H2. The van der Waals surface area contributed by atoms with Crippen LogP contribution in [-0.2, 0) is 6.18 Å². The predicted molar refractivity (Wildman–Crippen MR) is 65.2 cm³/mol. The zero-order valence-electron chi connectivity index (χ0n) is 9.70. The molecule has 0 aliphatic carbocycles. The Balaban J connectivity index is 2.23. The molecule has 6 heteroatoms. The summed E-state index contributed by atoms with van der Waals surface area (Å²) in [5.74, 6) is 0. The second-order valence-electron chi connectivity index (χ2n) is 4.32. The van der Waals surface area contributed by atoms with Crippen LogP contribution in [0.15, 0.2) is 36.5 Å². The van der Waals surface area contributed by atoms with Crippen molar-refractivity contribution in [2.24, 2.45) is 5.73 Å². The minimum absolute atomic E-state index is 0.423. The van der Waals surface area contributed by atoms with Crippen molar-refractivity contribution in [3.63, 3.8) is 0 Å². The van der Waals surface area contributed by atoms with Crippen molar-refractivity contribution in [3.8, 4) is 11.1 Å². The van der Waals surface area contributed by atoms with Crippen LogP contribution in [0.25, 0.3) is 11.1 Å². The van der Waals surface area contributed by atoms with Crippen molar-refractivity contribution in [3.05, 3.63) is 47.8 Å². The number of rotatable bonds is 0. The lowest BCUT2D eigenvalue weighted by atomic mass is 9.95. The van der Waals surface area contributed by atoms with Gasteiger partial charge in [-0.1, -0.05) is 18.2 Å². The zero-order chi connectivity index (χ0) is 13.6. The van der Waals surface area contributed by atoms with Crippen molar-refractivity contribution in [2.75, 3.05) is 5.32 Å². The van der Waals surface area contributed by atoms with Crippen LogP contribution in [-0.4, -0.2) is 4.98 Å². The van der Waals surface area contributed by atoms with E-state index in [-0.39, 0.29) is 0 Å². The molecule has 1 aromatic carbocycles. The average Bonchev–Trinajstić information content (AvgIpc) is 2.37. The Bertz CT molecular complexity index is 637. The molecule has 3 nitrogen and oxygen atoms in total. The van der Waals surface area contributed by atoms with Gasteiger partial charge in [-0.3, -0.25) is 4.98 Å². The van der Waals surface area contributed by atoms with E-state index in [0.29, 0.717) is 22.5 Å². The number of fused-ring (bicyclic) bond motifs is 3. The van der Waals surface area contributed by atoms with Gasteiger partial charge in [-0.2, -0.15) is 13.2 Å². The molecule has 0 spiro atoms. The lowest BCUT2D eigenvalue weighted by Crippen LogP contribution is -2.26. The number of hydrogen-bond donors (Lipinski definition) is 2. The van der Waals surface area contributed by atoms with E-state index in [1.54, 1.807) is 24.3 Å². The Morgan fingerprint density at radius 2 is 1.89 bits per heavy atom. The first-order valence-electron chi connectivity index (χ1n) is 5.65. The van der Waals surface area contributed by atoms with Gasteiger partial charge in [0, 0.05) is 23.0 Å². The first-order chi connectivity index (χ1) is 8.97. The highest BCUT2D eigenvalue weighted by molar-refractivity contribution is 5.83. The maximum atomic E-state index is 12.7. The average molecular weight is 265 g/mol. The van der Waals surface area contributed by atoms with Crippen LogP contribution >= 0.6 is 0 Å². The monoisotopic (exact) mass is 265 g/mol. The number of aromatic nitrogens is 1. The second-order valence-corrected chi connectivity index (χ2v) is 4.32. The number of pyridine rings is 1. The van der Waals surface area contributed by atoms with Gasteiger partial charge in [-0.25, -0.2) is 0 Å². The lowest BCUT2D eigenvalue weighted by molar-refractivity contribution is -0.137. The van der Waals surface area contributed by atoms with Crippen molar-refractivity contribution >= 4 is 5.69 Å². The summed E-state index contributed by atoms with van der Waals surface area (Å²) >= 11 is 0. The Morgan fingerprint density at radius 3 is 2.63 bits per heavy atom. The molecule has 19 heavy (non-hydrogen) atoms. The highest BCUT2D eigenvalue weighted by atomic mass is 19.4. The number of hydrogen-bond acceptors (Lipinski definition) is 3. The normalized spacial score (nSPS) is 17.4. The summed E-state index contributed by atoms with van der Waals surface area (Å²) in [4.78, 5) is 3.86. The SMILES string of the molecule is NC1Nc2ccccc2-c2cc(C(F)(F)F)cnc21. The third-order valence-corrected chi connectivity index (χ3v) is 3.07. The van der Waals surface area contributed by atoms with Gasteiger partial charge in [-0.05, 0) is 12.1 Å². The number of nitrogens with zero attached hydrogens (tertiary/aromatic N) is 1. The molecule has 3 rings (SSSR count). The maximum Gasteiger partial charge on any atom is 0.417 e. The number of halogens is 3. The summed E-state index contributed by atoms with van der Waals surface area (Å²) in [5, 5.41) is 3.01. The van der Waals surface area contributed by atoms with Crippen LogP contribution in [0.2, 0.25) is 0 Å². The lowest BCUT2D eigenvalue weighted by Gasteiger charge is -2.26. The fourth-order valence-electron chi connectivity index (χ4n) is 2.17.